The predicted molar refractivity (Wildman–Crippen MR) is 242 cm³/mol. The van der Waals surface area contributed by atoms with Crippen LogP contribution >= 0.6 is 0 Å². The van der Waals surface area contributed by atoms with Crippen LogP contribution in [-0.2, 0) is 57.4 Å². The van der Waals surface area contributed by atoms with Gasteiger partial charge in [0.1, 0.15) is 30.5 Å². The zero-order chi connectivity index (χ0) is 43.4. The summed E-state index contributed by atoms with van der Waals surface area (Å²) in [4.78, 5) is 2.17. The van der Waals surface area contributed by atoms with Crippen molar-refractivity contribution >= 4 is 18.7 Å². The third kappa shape index (κ3) is 11.3. The van der Waals surface area contributed by atoms with Crippen molar-refractivity contribution in [2.45, 2.75) is 94.8 Å². The van der Waals surface area contributed by atoms with E-state index < -0.39 is 57.5 Å². The maximum absolute atomic E-state index is 11.6. The zero-order valence-electron chi connectivity index (χ0n) is 36.7. The van der Waals surface area contributed by atoms with Crippen LogP contribution in [-0.4, -0.2) is 108 Å². The van der Waals surface area contributed by atoms with Gasteiger partial charge in [-0.05, 0) is 32.1 Å². The Bertz CT molecular complexity index is 1990. The molecule has 2 heterocycles. The van der Waals surface area contributed by atoms with Gasteiger partial charge in [-0.25, -0.2) is 0 Å². The van der Waals surface area contributed by atoms with Gasteiger partial charge in [0.2, 0.25) is 0 Å². The first-order chi connectivity index (χ1) is 30.2. The Hall–Kier alpha value is -4.08. The summed E-state index contributed by atoms with van der Waals surface area (Å²) >= 11 is 0. The van der Waals surface area contributed by atoms with Crippen LogP contribution in [0, 0.1) is 0 Å². The number of β-amino-alcohol motifs (C(OH)–C–C–N with tert-alkyl or cyclic N) is 1. The number of aliphatic hydroxyl groups is 1. The second kappa shape index (κ2) is 22.0. The summed E-state index contributed by atoms with van der Waals surface area (Å²) in [6.07, 6.45) is -5.45. The average molecular weight is 862 g/mol. The van der Waals surface area contributed by atoms with Crippen LogP contribution in [0.25, 0.3) is 0 Å². The molecule has 0 aromatic heterocycles. The largest absolute Gasteiger partial charge is 0.405 e. The number of aliphatic hydroxyl groups excluding tert-OH is 1. The van der Waals surface area contributed by atoms with E-state index in [0.717, 1.165) is 16.7 Å². The van der Waals surface area contributed by atoms with Crippen molar-refractivity contribution in [2.24, 2.45) is 0 Å². The van der Waals surface area contributed by atoms with E-state index in [9.17, 15) is 5.11 Å². The smallest absolute Gasteiger partial charge is 0.261 e. The van der Waals surface area contributed by atoms with Gasteiger partial charge in [-0.3, -0.25) is 4.90 Å². The molecule has 0 unspecified atom stereocenters. The second-order valence-corrected chi connectivity index (χ2v) is 21.5. The number of hydrogen-bond acceptors (Lipinski definition) is 10. The van der Waals surface area contributed by atoms with Crippen LogP contribution < -0.4 is 10.4 Å². The first-order valence-corrected chi connectivity index (χ1v) is 23.6. The highest BCUT2D eigenvalue weighted by molar-refractivity contribution is 6.99. The summed E-state index contributed by atoms with van der Waals surface area (Å²) in [7, 11) is 0.283. The van der Waals surface area contributed by atoms with Gasteiger partial charge >= 0.3 is 0 Å². The van der Waals surface area contributed by atoms with Gasteiger partial charge in [-0.15, -0.1) is 0 Å². The highest BCUT2D eigenvalue weighted by Crippen LogP contribution is 2.37. The van der Waals surface area contributed by atoms with Crippen LogP contribution in [0.2, 0.25) is 5.04 Å². The van der Waals surface area contributed by atoms with Crippen molar-refractivity contribution in [3.05, 3.63) is 168 Å². The minimum absolute atomic E-state index is 0.234. The summed E-state index contributed by atoms with van der Waals surface area (Å²) in [6, 6.07) is 51.4. The Morgan fingerprint density at radius 1 is 0.565 bits per heavy atom. The van der Waals surface area contributed by atoms with E-state index >= 15 is 0 Å². The highest BCUT2D eigenvalue weighted by atomic mass is 28.4. The van der Waals surface area contributed by atoms with Crippen LogP contribution in [0.5, 0.6) is 0 Å². The maximum Gasteiger partial charge on any atom is 0.261 e. The molecule has 0 aliphatic carbocycles. The second-order valence-electron chi connectivity index (χ2n) is 17.2. The fourth-order valence-electron chi connectivity index (χ4n) is 8.81. The van der Waals surface area contributed by atoms with Gasteiger partial charge < -0.3 is 42.7 Å². The summed E-state index contributed by atoms with van der Waals surface area (Å²) in [5, 5.41) is 13.7. The number of rotatable bonds is 18. The van der Waals surface area contributed by atoms with Gasteiger partial charge in [0.25, 0.3) is 8.32 Å². The number of ether oxygens (including phenoxy) is 7. The average Bonchev–Trinajstić information content (AvgIpc) is 3.45. The molecule has 8 atom stereocenters. The van der Waals surface area contributed by atoms with Crippen molar-refractivity contribution < 1.29 is 42.7 Å². The lowest BCUT2D eigenvalue weighted by atomic mass is 9.96. The summed E-state index contributed by atoms with van der Waals surface area (Å²) in [5.41, 5.74) is 3.06. The van der Waals surface area contributed by atoms with E-state index in [-0.39, 0.29) is 18.2 Å². The van der Waals surface area contributed by atoms with E-state index in [1.54, 1.807) is 14.2 Å². The lowest BCUT2D eigenvalue weighted by molar-refractivity contribution is -0.319. The van der Waals surface area contributed by atoms with Gasteiger partial charge in [-0.1, -0.05) is 172 Å². The Labute approximate surface area is 368 Å². The zero-order valence-corrected chi connectivity index (χ0v) is 37.7. The highest BCUT2D eigenvalue weighted by Gasteiger charge is 2.52. The normalized spacial score (nSPS) is 25.0. The summed E-state index contributed by atoms with van der Waals surface area (Å²) in [5.74, 6) is 0. The number of hydrogen-bond donors (Lipinski definition) is 1. The van der Waals surface area contributed by atoms with Gasteiger partial charge in [0.15, 0.2) is 12.6 Å². The Balaban J connectivity index is 1.19. The van der Waals surface area contributed by atoms with Crippen molar-refractivity contribution in [3.8, 4) is 0 Å². The number of benzene rings is 5. The first kappa shape index (κ1) is 45.9. The standard InChI is InChI=1S/C51H63NO9Si/c1-51(2,3)62(42-27-17-9-18-28-42,43-29-19-10-20-30-43)59-37-41-31-52(32-44(53)49(54-4)60-41)33-45-46(56-34-38-21-11-6-12-22-38)47(57-35-39-23-13-7-14-24-39)48(50(55-5)61-45)58-36-40-25-15-8-16-26-40/h6-30,41,44-50,53H,31-37H2,1-5H3/t41-,44+,45+,46+,47-,48+,49-,50-/m0/s1. The molecule has 2 aliphatic rings. The molecule has 62 heavy (non-hydrogen) atoms. The molecule has 5 aromatic carbocycles. The van der Waals surface area contributed by atoms with Crippen LogP contribution in [0.15, 0.2) is 152 Å². The SMILES string of the molecule is CO[C@H]1O[C@H](CN2C[C@@H](CO[Si](c3ccccc3)(c3ccccc3)C(C)(C)C)O[C@H](OC)[C@H](O)C2)[C@@H](OCc2ccccc2)[C@H](OCc2ccccc2)[C@H]1OCc1ccccc1. The molecule has 0 radical (unpaired) electrons. The topological polar surface area (TPSA) is 97.3 Å². The number of nitrogens with zero attached hydrogens (tertiary/aromatic N) is 1. The summed E-state index contributed by atoms with van der Waals surface area (Å²) in [6.45, 7) is 9.10. The van der Waals surface area contributed by atoms with E-state index in [1.807, 2.05) is 103 Å². The Morgan fingerprint density at radius 3 is 1.45 bits per heavy atom. The van der Waals surface area contributed by atoms with E-state index in [1.165, 1.54) is 10.4 Å². The molecule has 11 heteroatoms. The van der Waals surface area contributed by atoms with Gasteiger partial charge in [0.05, 0.1) is 32.5 Å². The molecule has 5 aromatic rings. The maximum atomic E-state index is 11.6. The molecule has 2 aliphatic heterocycles. The molecular formula is C51H63NO9Si. The molecule has 2 fully saturated rings. The minimum atomic E-state index is -2.91. The molecule has 330 valence electrons. The fourth-order valence-corrected chi connectivity index (χ4v) is 13.4. The van der Waals surface area contributed by atoms with Crippen LogP contribution in [0.1, 0.15) is 37.5 Å². The van der Waals surface area contributed by atoms with E-state index in [0.29, 0.717) is 32.9 Å². The molecule has 1 N–H and O–H groups in total. The van der Waals surface area contributed by atoms with Crippen molar-refractivity contribution in [2.75, 3.05) is 40.5 Å². The Morgan fingerprint density at radius 2 is 1.00 bits per heavy atom. The van der Waals surface area contributed by atoms with Gasteiger partial charge in [-0.2, -0.15) is 0 Å². The first-order valence-electron chi connectivity index (χ1n) is 21.7. The lowest BCUT2D eigenvalue weighted by Crippen LogP contribution is -2.67. The third-order valence-electron chi connectivity index (χ3n) is 11.8. The predicted octanol–water partition coefficient (Wildman–Crippen LogP) is 6.72. The number of methoxy groups -OCH3 is 2. The van der Waals surface area contributed by atoms with Crippen molar-refractivity contribution in [1.82, 2.24) is 4.90 Å². The molecule has 0 amide bonds. The van der Waals surface area contributed by atoms with Crippen molar-refractivity contribution in [3.63, 3.8) is 0 Å². The molecule has 0 saturated carbocycles. The van der Waals surface area contributed by atoms with Crippen LogP contribution in [0.3, 0.4) is 0 Å². The minimum Gasteiger partial charge on any atom is -0.405 e. The monoisotopic (exact) mass is 861 g/mol. The quantitative estimate of drug-likeness (QED) is 0.0957. The molecule has 0 bridgehead atoms. The van der Waals surface area contributed by atoms with E-state index in [4.69, 9.17) is 37.6 Å². The molecular weight excluding hydrogens is 799 g/mol. The molecule has 0 spiro atoms. The molecule has 7 rings (SSSR count). The molecule has 10 nitrogen and oxygen atoms in total. The van der Waals surface area contributed by atoms with E-state index in [2.05, 4.69) is 74.2 Å². The van der Waals surface area contributed by atoms with Crippen LogP contribution in [0.4, 0.5) is 0 Å². The lowest BCUT2D eigenvalue weighted by Gasteiger charge is -2.47. The van der Waals surface area contributed by atoms with Crippen molar-refractivity contribution in [1.29, 1.82) is 0 Å². The Kier molecular flexibility index (Phi) is 16.3. The van der Waals surface area contributed by atoms with Gasteiger partial charge in [0, 0.05) is 33.9 Å². The molecule has 2 saturated heterocycles. The fraction of sp³-hybridized carbons (Fsp3) is 0.412. The summed E-state index contributed by atoms with van der Waals surface area (Å²) < 4.78 is 53.2. The third-order valence-corrected chi connectivity index (χ3v) is 16.8.